The van der Waals surface area contributed by atoms with Crippen molar-refractivity contribution < 1.29 is 9.26 Å². The summed E-state index contributed by atoms with van der Waals surface area (Å²) < 4.78 is 10.6. The van der Waals surface area contributed by atoms with Crippen LogP contribution in [0.1, 0.15) is 0 Å². The molecule has 0 bridgehead atoms. The first-order valence-electron chi connectivity index (χ1n) is 6.91. The zero-order valence-electron chi connectivity index (χ0n) is 12.2. The van der Waals surface area contributed by atoms with Crippen molar-refractivity contribution in [2.75, 3.05) is 7.11 Å². The molecule has 1 aromatic carbocycles. The maximum atomic E-state index is 5.32. The fraction of sp³-hybridized carbons (Fsp3) is 0.0625. The van der Waals surface area contributed by atoms with Crippen molar-refractivity contribution in [2.24, 2.45) is 0 Å². The Labute approximate surface area is 135 Å². The molecule has 4 rings (SSSR count). The molecule has 0 saturated carbocycles. The molecule has 3 heterocycles. The van der Waals surface area contributed by atoms with E-state index in [0.29, 0.717) is 17.4 Å². The second kappa shape index (κ2) is 5.69. The minimum Gasteiger partial charge on any atom is -0.497 e. The number of aromatic nitrogens is 4. The predicted molar refractivity (Wildman–Crippen MR) is 87.2 cm³/mol. The number of nitrogens with zero attached hydrogens (tertiary/aromatic N) is 3. The summed E-state index contributed by atoms with van der Waals surface area (Å²) in [4.78, 5) is 5.37. The highest BCUT2D eigenvalue weighted by Crippen LogP contribution is 2.27. The lowest BCUT2D eigenvalue weighted by Gasteiger charge is -2.00. The van der Waals surface area contributed by atoms with Crippen LogP contribution in [0.4, 0.5) is 0 Å². The number of ether oxygens (including phenoxy) is 1. The van der Waals surface area contributed by atoms with E-state index in [1.165, 1.54) is 0 Å². The lowest BCUT2D eigenvalue weighted by molar-refractivity contribution is 0.415. The van der Waals surface area contributed by atoms with E-state index in [1.807, 2.05) is 47.8 Å². The molecule has 0 aliphatic carbocycles. The number of nitrogens with one attached hydrogen (secondary N) is 1. The van der Waals surface area contributed by atoms with Crippen LogP contribution in [-0.2, 0) is 0 Å². The molecule has 0 atom stereocenters. The summed E-state index contributed by atoms with van der Waals surface area (Å²) >= 11 is 1.57. The van der Waals surface area contributed by atoms with Crippen molar-refractivity contribution in [2.45, 2.75) is 0 Å². The molecule has 114 valence electrons. The number of H-pyrrole nitrogens is 1. The summed E-state index contributed by atoms with van der Waals surface area (Å²) in [5.41, 5.74) is 2.41. The van der Waals surface area contributed by atoms with E-state index < -0.39 is 0 Å². The molecule has 0 saturated heterocycles. The summed E-state index contributed by atoms with van der Waals surface area (Å²) in [6.07, 6.45) is 0. The summed E-state index contributed by atoms with van der Waals surface area (Å²) in [6.45, 7) is 0. The molecule has 0 unspecified atom stereocenters. The Bertz CT molecular complexity index is 927. The molecule has 7 heteroatoms. The number of aromatic amines is 1. The molecule has 0 aliphatic rings. The van der Waals surface area contributed by atoms with Gasteiger partial charge < -0.3 is 9.26 Å². The van der Waals surface area contributed by atoms with Crippen LogP contribution in [-0.4, -0.2) is 27.4 Å². The molecule has 0 amide bonds. The molecule has 4 aromatic rings. The highest BCUT2D eigenvalue weighted by Gasteiger charge is 2.14. The van der Waals surface area contributed by atoms with Crippen molar-refractivity contribution in [1.29, 1.82) is 0 Å². The van der Waals surface area contributed by atoms with Gasteiger partial charge >= 0.3 is 0 Å². The van der Waals surface area contributed by atoms with Crippen LogP contribution in [0.15, 0.2) is 52.4 Å². The molecular formula is C16H12N4O2S. The van der Waals surface area contributed by atoms with Crippen molar-refractivity contribution in [1.82, 2.24) is 20.3 Å². The van der Waals surface area contributed by atoms with E-state index in [9.17, 15) is 0 Å². The SMILES string of the molecule is COc1cccc(-c2cc(-c3nc(-c4cccs4)no3)[nH]n2)c1. The molecule has 0 spiro atoms. The van der Waals surface area contributed by atoms with Gasteiger partial charge in [0.05, 0.1) is 17.7 Å². The first kappa shape index (κ1) is 13.7. The number of hydrogen-bond acceptors (Lipinski definition) is 6. The third kappa shape index (κ3) is 2.62. The van der Waals surface area contributed by atoms with Crippen LogP contribution in [0, 0.1) is 0 Å². The highest BCUT2D eigenvalue weighted by molar-refractivity contribution is 7.13. The van der Waals surface area contributed by atoms with Crippen LogP contribution in [0.3, 0.4) is 0 Å². The maximum absolute atomic E-state index is 5.32. The van der Waals surface area contributed by atoms with Crippen LogP contribution in [0.2, 0.25) is 0 Å². The summed E-state index contributed by atoms with van der Waals surface area (Å²) in [6, 6.07) is 13.5. The number of thiophene rings is 1. The Balaban J connectivity index is 1.65. The molecule has 23 heavy (non-hydrogen) atoms. The van der Waals surface area contributed by atoms with Crippen LogP contribution < -0.4 is 4.74 Å². The monoisotopic (exact) mass is 324 g/mol. The first-order chi connectivity index (χ1) is 11.3. The van der Waals surface area contributed by atoms with Gasteiger partial charge in [0.2, 0.25) is 5.82 Å². The standard InChI is InChI=1S/C16H12N4O2S/c1-21-11-5-2-4-10(8-11)12-9-13(19-18-12)16-17-15(20-22-16)14-6-3-7-23-14/h2-9H,1H3,(H,18,19). The molecule has 0 radical (unpaired) electrons. The van der Waals surface area contributed by atoms with Crippen molar-refractivity contribution in [3.63, 3.8) is 0 Å². The third-order valence-electron chi connectivity index (χ3n) is 3.34. The number of methoxy groups -OCH3 is 1. The average Bonchev–Trinajstić information content (AvgIpc) is 3.34. The molecule has 1 N–H and O–H groups in total. The molecule has 6 nitrogen and oxygen atoms in total. The van der Waals surface area contributed by atoms with Crippen LogP contribution >= 0.6 is 11.3 Å². The predicted octanol–water partition coefficient (Wildman–Crippen LogP) is 3.86. The van der Waals surface area contributed by atoms with Gasteiger partial charge in [0, 0.05) is 5.56 Å². The van der Waals surface area contributed by atoms with Gasteiger partial charge in [-0.2, -0.15) is 10.1 Å². The van der Waals surface area contributed by atoms with Gasteiger partial charge in [-0.25, -0.2) is 0 Å². The van der Waals surface area contributed by atoms with Crippen molar-refractivity contribution in [3.8, 4) is 39.3 Å². The molecular weight excluding hydrogens is 312 g/mol. The van der Waals surface area contributed by atoms with Crippen LogP contribution in [0.5, 0.6) is 5.75 Å². The second-order valence-electron chi connectivity index (χ2n) is 4.80. The first-order valence-corrected chi connectivity index (χ1v) is 7.79. The summed E-state index contributed by atoms with van der Waals surface area (Å²) in [7, 11) is 1.64. The Kier molecular flexibility index (Phi) is 3.39. The van der Waals surface area contributed by atoms with E-state index in [4.69, 9.17) is 9.26 Å². The summed E-state index contributed by atoms with van der Waals surface area (Å²) in [5.74, 6) is 1.77. The van der Waals surface area contributed by atoms with E-state index >= 15 is 0 Å². The zero-order chi connectivity index (χ0) is 15.6. The fourth-order valence-electron chi connectivity index (χ4n) is 2.20. The van der Waals surface area contributed by atoms with Gasteiger partial charge in [-0.05, 0) is 29.6 Å². The molecule has 0 fully saturated rings. The Hall–Kier alpha value is -2.93. The van der Waals surface area contributed by atoms with Gasteiger partial charge in [-0.15, -0.1) is 11.3 Å². The van der Waals surface area contributed by atoms with E-state index in [0.717, 1.165) is 21.9 Å². The number of rotatable bonds is 4. The van der Waals surface area contributed by atoms with Crippen molar-refractivity contribution >= 4 is 11.3 Å². The quantitative estimate of drug-likeness (QED) is 0.617. The van der Waals surface area contributed by atoms with E-state index in [2.05, 4.69) is 20.3 Å². The number of hydrogen-bond donors (Lipinski definition) is 1. The smallest absolute Gasteiger partial charge is 0.276 e. The van der Waals surface area contributed by atoms with E-state index in [-0.39, 0.29) is 0 Å². The van der Waals surface area contributed by atoms with Crippen molar-refractivity contribution in [3.05, 3.63) is 47.8 Å². The second-order valence-corrected chi connectivity index (χ2v) is 5.75. The van der Waals surface area contributed by atoms with Gasteiger partial charge in [-0.3, -0.25) is 5.10 Å². The fourth-order valence-corrected chi connectivity index (χ4v) is 2.85. The summed E-state index contributed by atoms with van der Waals surface area (Å²) in [5, 5.41) is 13.2. The molecule has 3 aromatic heterocycles. The molecule has 0 aliphatic heterocycles. The third-order valence-corrected chi connectivity index (χ3v) is 4.21. The normalized spacial score (nSPS) is 10.8. The largest absolute Gasteiger partial charge is 0.497 e. The average molecular weight is 324 g/mol. The van der Waals surface area contributed by atoms with Gasteiger partial charge in [0.15, 0.2) is 0 Å². The Morgan fingerprint density at radius 2 is 2.13 bits per heavy atom. The highest BCUT2D eigenvalue weighted by atomic mass is 32.1. The maximum Gasteiger partial charge on any atom is 0.276 e. The van der Waals surface area contributed by atoms with Gasteiger partial charge in [0.25, 0.3) is 5.89 Å². The minimum absolute atomic E-state index is 0.412. The van der Waals surface area contributed by atoms with Crippen LogP contribution in [0.25, 0.3) is 33.5 Å². The van der Waals surface area contributed by atoms with Gasteiger partial charge in [0.1, 0.15) is 11.4 Å². The minimum atomic E-state index is 0.412. The Morgan fingerprint density at radius 1 is 1.17 bits per heavy atom. The van der Waals surface area contributed by atoms with E-state index in [1.54, 1.807) is 18.4 Å². The Morgan fingerprint density at radius 3 is 2.96 bits per heavy atom. The van der Waals surface area contributed by atoms with Gasteiger partial charge in [-0.1, -0.05) is 23.4 Å². The topological polar surface area (TPSA) is 76.8 Å². The lowest BCUT2D eigenvalue weighted by atomic mass is 10.1. The number of benzene rings is 1. The zero-order valence-corrected chi connectivity index (χ0v) is 13.0. The lowest BCUT2D eigenvalue weighted by Crippen LogP contribution is -1.83.